The van der Waals surface area contributed by atoms with Crippen LogP contribution in [0.15, 0.2) is 10.2 Å². The van der Waals surface area contributed by atoms with Gasteiger partial charge in [0.2, 0.25) is 5.91 Å². The number of aliphatic hydroxyl groups is 1. The van der Waals surface area contributed by atoms with E-state index in [4.69, 9.17) is 0 Å². The number of nitrogens with zero attached hydrogens (tertiary/aromatic N) is 1. The second-order valence-corrected chi connectivity index (χ2v) is 6.76. The topological polar surface area (TPSA) is 71.3 Å². The molecule has 6 heteroatoms. The molecule has 0 radical (unpaired) electrons. The minimum Gasteiger partial charge on any atom is -0.388 e. The third-order valence-electron chi connectivity index (χ3n) is 3.20. The van der Waals surface area contributed by atoms with Crippen molar-refractivity contribution in [3.63, 3.8) is 0 Å². The van der Waals surface area contributed by atoms with Gasteiger partial charge in [-0.3, -0.25) is 14.2 Å². The highest BCUT2D eigenvalue weighted by molar-refractivity contribution is 7.07. The van der Waals surface area contributed by atoms with E-state index in [9.17, 15) is 14.7 Å². The molecule has 2 N–H and O–H groups in total. The average Bonchev–Trinajstić information content (AvgIpc) is 2.66. The third-order valence-corrected chi connectivity index (χ3v) is 4.09. The van der Waals surface area contributed by atoms with Crippen molar-refractivity contribution in [1.29, 1.82) is 0 Å². The van der Waals surface area contributed by atoms with Crippen LogP contribution in [0.3, 0.4) is 0 Å². The SMILES string of the molecule is Cc1csc(=O)n1CC(=O)NCC(C)(O)CCC(C)C. The molecule has 5 nitrogen and oxygen atoms in total. The van der Waals surface area contributed by atoms with E-state index in [0.29, 0.717) is 12.3 Å². The number of aryl methyl sites for hydroxylation is 1. The predicted molar refractivity (Wildman–Crippen MR) is 81.0 cm³/mol. The number of rotatable bonds is 7. The van der Waals surface area contributed by atoms with Crippen LogP contribution in [-0.4, -0.2) is 27.7 Å². The van der Waals surface area contributed by atoms with E-state index in [2.05, 4.69) is 19.2 Å². The molecule has 1 amide bonds. The van der Waals surface area contributed by atoms with Gasteiger partial charge in [-0.05, 0) is 32.6 Å². The molecule has 1 heterocycles. The summed E-state index contributed by atoms with van der Waals surface area (Å²) < 4.78 is 1.43. The van der Waals surface area contributed by atoms with E-state index in [1.165, 1.54) is 4.57 Å². The Kier molecular flexibility index (Phi) is 5.95. The maximum Gasteiger partial charge on any atom is 0.307 e. The van der Waals surface area contributed by atoms with Gasteiger partial charge in [-0.2, -0.15) is 0 Å². The van der Waals surface area contributed by atoms with Gasteiger partial charge >= 0.3 is 4.87 Å². The molecule has 0 aromatic carbocycles. The highest BCUT2D eigenvalue weighted by Crippen LogP contribution is 2.15. The smallest absolute Gasteiger partial charge is 0.307 e. The molecule has 0 fully saturated rings. The van der Waals surface area contributed by atoms with Gasteiger partial charge in [0.15, 0.2) is 0 Å². The number of nitrogens with one attached hydrogen (secondary N) is 1. The zero-order chi connectivity index (χ0) is 15.3. The monoisotopic (exact) mass is 300 g/mol. The molecule has 0 aliphatic carbocycles. The molecule has 0 aliphatic heterocycles. The minimum atomic E-state index is -0.908. The Balaban J connectivity index is 2.45. The molecule has 0 saturated carbocycles. The maximum absolute atomic E-state index is 11.8. The summed E-state index contributed by atoms with van der Waals surface area (Å²) in [5, 5.41) is 14.6. The Morgan fingerprint density at radius 1 is 1.55 bits per heavy atom. The minimum absolute atomic E-state index is 0.00836. The Hall–Kier alpha value is -1.14. The standard InChI is InChI=1S/C14H24N2O3S/c1-10(2)5-6-14(4,19)9-15-12(17)7-16-11(3)8-20-13(16)18/h8,10,19H,5-7,9H2,1-4H3,(H,15,17). The van der Waals surface area contributed by atoms with Crippen molar-refractivity contribution in [3.8, 4) is 0 Å². The summed E-state index contributed by atoms with van der Waals surface area (Å²) in [6.45, 7) is 7.92. The van der Waals surface area contributed by atoms with E-state index in [1.807, 2.05) is 0 Å². The molecule has 0 aliphatic rings. The Bertz CT molecular complexity index is 503. The van der Waals surface area contributed by atoms with Crippen LogP contribution in [0.1, 0.15) is 39.3 Å². The van der Waals surface area contributed by atoms with Crippen LogP contribution in [0.5, 0.6) is 0 Å². The normalized spacial score (nSPS) is 14.3. The van der Waals surface area contributed by atoms with Crippen molar-refractivity contribution in [2.75, 3.05) is 6.54 Å². The molecule has 1 atom stereocenters. The van der Waals surface area contributed by atoms with Gasteiger partial charge in [0.25, 0.3) is 0 Å². The highest BCUT2D eigenvalue weighted by atomic mass is 32.1. The lowest BCUT2D eigenvalue weighted by Gasteiger charge is -2.24. The first kappa shape index (κ1) is 16.9. The summed E-state index contributed by atoms with van der Waals surface area (Å²) in [4.78, 5) is 23.2. The Labute approximate surface area is 123 Å². The molecular formula is C14H24N2O3S. The predicted octanol–water partition coefficient (Wildman–Crippen LogP) is 1.52. The van der Waals surface area contributed by atoms with Crippen LogP contribution in [-0.2, 0) is 11.3 Å². The van der Waals surface area contributed by atoms with E-state index in [1.54, 1.807) is 19.2 Å². The molecule has 20 heavy (non-hydrogen) atoms. The summed E-state index contributed by atoms with van der Waals surface area (Å²) in [7, 11) is 0. The van der Waals surface area contributed by atoms with Crippen LogP contribution in [0.4, 0.5) is 0 Å². The van der Waals surface area contributed by atoms with Gasteiger partial charge in [-0.15, -0.1) is 0 Å². The van der Waals surface area contributed by atoms with Crippen LogP contribution in [0.2, 0.25) is 0 Å². The molecule has 1 unspecified atom stereocenters. The van der Waals surface area contributed by atoms with Crippen LogP contribution in [0, 0.1) is 12.8 Å². The Morgan fingerprint density at radius 3 is 2.70 bits per heavy atom. The van der Waals surface area contributed by atoms with Crippen molar-refractivity contribution in [2.24, 2.45) is 5.92 Å². The fourth-order valence-corrected chi connectivity index (χ4v) is 2.51. The number of carbonyl (C=O) groups excluding carboxylic acids is 1. The molecule has 114 valence electrons. The van der Waals surface area contributed by atoms with E-state index < -0.39 is 5.60 Å². The fourth-order valence-electron chi connectivity index (χ4n) is 1.77. The summed E-state index contributed by atoms with van der Waals surface area (Å²) in [5.74, 6) is 0.266. The van der Waals surface area contributed by atoms with Crippen LogP contribution >= 0.6 is 11.3 Å². The summed E-state index contributed by atoms with van der Waals surface area (Å²) >= 11 is 1.09. The van der Waals surface area contributed by atoms with Crippen molar-refractivity contribution < 1.29 is 9.90 Å². The van der Waals surface area contributed by atoms with Gasteiger partial charge in [0, 0.05) is 17.6 Å². The molecule has 1 aromatic heterocycles. The van der Waals surface area contributed by atoms with Gasteiger partial charge in [-0.1, -0.05) is 25.2 Å². The molecule has 1 rings (SSSR count). The van der Waals surface area contributed by atoms with Crippen molar-refractivity contribution in [2.45, 2.75) is 52.7 Å². The second-order valence-electron chi connectivity index (χ2n) is 5.94. The van der Waals surface area contributed by atoms with E-state index >= 15 is 0 Å². The highest BCUT2D eigenvalue weighted by Gasteiger charge is 2.21. The third kappa shape index (κ3) is 5.46. The van der Waals surface area contributed by atoms with E-state index in [0.717, 1.165) is 23.5 Å². The van der Waals surface area contributed by atoms with Crippen LogP contribution < -0.4 is 10.2 Å². The number of hydrogen-bond acceptors (Lipinski definition) is 4. The molecule has 0 spiro atoms. The summed E-state index contributed by atoms with van der Waals surface area (Å²) in [6.07, 6.45) is 1.55. The summed E-state index contributed by atoms with van der Waals surface area (Å²) in [5.41, 5.74) is -0.129. The number of hydrogen-bond donors (Lipinski definition) is 2. The van der Waals surface area contributed by atoms with Gasteiger partial charge < -0.3 is 10.4 Å². The number of amides is 1. The first-order valence-electron chi connectivity index (χ1n) is 6.85. The first-order valence-corrected chi connectivity index (χ1v) is 7.73. The largest absolute Gasteiger partial charge is 0.388 e. The lowest BCUT2D eigenvalue weighted by Crippen LogP contribution is -2.42. The Morgan fingerprint density at radius 2 is 2.20 bits per heavy atom. The number of aromatic nitrogens is 1. The quantitative estimate of drug-likeness (QED) is 0.802. The van der Waals surface area contributed by atoms with Crippen molar-refractivity contribution >= 4 is 17.2 Å². The lowest BCUT2D eigenvalue weighted by atomic mass is 9.95. The zero-order valence-electron chi connectivity index (χ0n) is 12.6. The van der Waals surface area contributed by atoms with Crippen LogP contribution in [0.25, 0.3) is 0 Å². The molecule has 1 aromatic rings. The summed E-state index contributed by atoms with van der Waals surface area (Å²) in [6, 6.07) is 0. The lowest BCUT2D eigenvalue weighted by molar-refractivity contribution is -0.122. The molecule has 0 saturated heterocycles. The van der Waals surface area contributed by atoms with Gasteiger partial charge in [0.1, 0.15) is 6.54 Å². The van der Waals surface area contributed by atoms with Crippen molar-refractivity contribution in [3.05, 3.63) is 20.7 Å². The first-order chi connectivity index (χ1) is 9.21. The average molecular weight is 300 g/mol. The fraction of sp³-hybridized carbons (Fsp3) is 0.714. The zero-order valence-corrected chi connectivity index (χ0v) is 13.4. The van der Waals surface area contributed by atoms with Gasteiger partial charge in [-0.25, -0.2) is 0 Å². The molecular weight excluding hydrogens is 276 g/mol. The van der Waals surface area contributed by atoms with Crippen molar-refractivity contribution in [1.82, 2.24) is 9.88 Å². The number of carbonyl (C=O) groups is 1. The number of thiazole rings is 1. The maximum atomic E-state index is 11.8. The van der Waals surface area contributed by atoms with E-state index in [-0.39, 0.29) is 23.9 Å². The molecule has 0 bridgehead atoms. The van der Waals surface area contributed by atoms with Gasteiger partial charge in [0.05, 0.1) is 5.60 Å². The second kappa shape index (κ2) is 7.04.